The van der Waals surface area contributed by atoms with Crippen molar-refractivity contribution in [2.24, 2.45) is 17.3 Å². The summed E-state index contributed by atoms with van der Waals surface area (Å²) in [5.41, 5.74) is -1.54. The van der Waals surface area contributed by atoms with Crippen LogP contribution in [0.25, 0.3) is 0 Å². The number of carboxylic acid groups (broad SMARTS) is 1. The third-order valence-corrected chi connectivity index (χ3v) is 3.70. The van der Waals surface area contributed by atoms with Gasteiger partial charge in [0.1, 0.15) is 5.54 Å². The minimum absolute atomic E-state index is 0.0739. The van der Waals surface area contributed by atoms with E-state index in [4.69, 9.17) is 9.47 Å². The Hall–Kier alpha value is -1.79. The van der Waals surface area contributed by atoms with E-state index in [0.29, 0.717) is 6.42 Å². The molecule has 1 amide bonds. The minimum atomic E-state index is -1.46. The number of esters is 1. The van der Waals surface area contributed by atoms with Gasteiger partial charge in [-0.3, -0.25) is 4.79 Å². The van der Waals surface area contributed by atoms with E-state index >= 15 is 0 Å². The Morgan fingerprint density at radius 1 is 0.960 bits per heavy atom. The van der Waals surface area contributed by atoms with Crippen LogP contribution in [0.4, 0.5) is 4.79 Å². The number of ether oxygens (including phenoxy) is 2. The Kier molecular flexibility index (Phi) is 8.41. The number of alkyl carbamates (subject to hydrolysis) is 1. The minimum Gasteiger partial charge on any atom is -0.480 e. The molecule has 0 spiro atoms. The van der Waals surface area contributed by atoms with Gasteiger partial charge in [0.15, 0.2) is 0 Å². The Balaban J connectivity index is 4.98. The first kappa shape index (κ1) is 23.2. The van der Waals surface area contributed by atoms with E-state index in [1.807, 2.05) is 20.8 Å². The lowest BCUT2D eigenvalue weighted by Gasteiger charge is -2.30. The summed E-state index contributed by atoms with van der Waals surface area (Å²) in [6, 6.07) is 0. The van der Waals surface area contributed by atoms with Gasteiger partial charge in [-0.05, 0) is 25.2 Å². The number of carbonyl (C=O) groups excluding carboxylic acids is 2. The fourth-order valence-corrected chi connectivity index (χ4v) is 1.75. The Bertz CT molecular complexity index is 480. The molecule has 0 radical (unpaired) electrons. The maximum Gasteiger partial charge on any atom is 0.411 e. The molecule has 0 unspecified atom stereocenters. The molecule has 2 N–H and O–H groups in total. The lowest BCUT2D eigenvalue weighted by Crippen LogP contribution is -2.53. The molecule has 0 heterocycles. The largest absolute Gasteiger partial charge is 0.480 e. The first-order valence-electron chi connectivity index (χ1n) is 8.60. The van der Waals surface area contributed by atoms with Gasteiger partial charge < -0.3 is 19.9 Å². The highest BCUT2D eigenvalue weighted by Crippen LogP contribution is 2.26. The molecule has 0 fully saturated rings. The van der Waals surface area contributed by atoms with E-state index in [2.05, 4.69) is 5.32 Å². The number of amides is 1. The second-order valence-corrected chi connectivity index (χ2v) is 8.43. The van der Waals surface area contributed by atoms with Gasteiger partial charge in [0.2, 0.25) is 0 Å². The number of aliphatic carboxylic acids is 1. The highest BCUT2D eigenvalue weighted by atomic mass is 16.7. The van der Waals surface area contributed by atoms with Crippen LogP contribution in [0.2, 0.25) is 0 Å². The van der Waals surface area contributed by atoms with Crippen molar-refractivity contribution in [2.75, 3.05) is 0 Å². The van der Waals surface area contributed by atoms with Crippen molar-refractivity contribution in [3.63, 3.8) is 0 Å². The highest BCUT2D eigenvalue weighted by molar-refractivity contribution is 5.84. The van der Waals surface area contributed by atoms with Crippen LogP contribution in [0, 0.1) is 17.3 Å². The molecule has 25 heavy (non-hydrogen) atoms. The maximum atomic E-state index is 12.2. The Morgan fingerprint density at radius 3 is 1.84 bits per heavy atom. The summed E-state index contributed by atoms with van der Waals surface area (Å²) < 4.78 is 10.3. The second-order valence-electron chi connectivity index (χ2n) is 8.43. The van der Waals surface area contributed by atoms with Crippen molar-refractivity contribution in [3.8, 4) is 0 Å². The van der Waals surface area contributed by atoms with Crippen LogP contribution in [-0.4, -0.2) is 35.0 Å². The van der Waals surface area contributed by atoms with Gasteiger partial charge in [-0.15, -0.1) is 0 Å². The molecular formula is C18H33NO6. The molecular weight excluding hydrogens is 326 g/mol. The molecule has 0 aliphatic heterocycles. The highest BCUT2D eigenvalue weighted by Gasteiger charge is 2.37. The van der Waals surface area contributed by atoms with E-state index < -0.39 is 29.9 Å². The average molecular weight is 359 g/mol. The Labute approximate surface area is 150 Å². The van der Waals surface area contributed by atoms with Crippen LogP contribution >= 0.6 is 0 Å². The predicted molar refractivity (Wildman–Crippen MR) is 93.9 cm³/mol. The summed E-state index contributed by atoms with van der Waals surface area (Å²) in [4.78, 5) is 35.5. The summed E-state index contributed by atoms with van der Waals surface area (Å²) in [5.74, 6) is -2.25. The Morgan fingerprint density at radius 2 is 1.48 bits per heavy atom. The van der Waals surface area contributed by atoms with Gasteiger partial charge in [0.25, 0.3) is 6.29 Å². The zero-order valence-corrected chi connectivity index (χ0v) is 16.6. The van der Waals surface area contributed by atoms with Crippen molar-refractivity contribution >= 4 is 18.0 Å². The molecule has 0 aliphatic rings. The standard InChI is InChI=1S/C18H33NO6/c1-11(2)13(20)24-14(12(3)4)25-16(23)19-18(8,15(21)22)10-9-17(5,6)7/h11-12,14H,9-10H2,1-8H3,(H,19,23)(H,21,22)/t14-,18+/m1/s1. The van der Waals surface area contributed by atoms with Crippen LogP contribution in [0.15, 0.2) is 0 Å². The predicted octanol–water partition coefficient (Wildman–Crippen LogP) is 3.56. The third-order valence-electron chi connectivity index (χ3n) is 3.70. The SMILES string of the molecule is CC(C)C(=O)O[C@H](OC(=O)N[C@@](C)(CCC(C)(C)C)C(=O)O)C(C)C. The van der Waals surface area contributed by atoms with Crippen molar-refractivity contribution in [2.45, 2.75) is 80.1 Å². The number of nitrogens with one attached hydrogen (secondary N) is 1. The molecule has 0 aromatic heterocycles. The van der Waals surface area contributed by atoms with Crippen LogP contribution in [0.5, 0.6) is 0 Å². The van der Waals surface area contributed by atoms with Gasteiger partial charge in [-0.1, -0.05) is 48.5 Å². The normalized spacial score (nSPS) is 15.4. The number of hydrogen-bond acceptors (Lipinski definition) is 5. The smallest absolute Gasteiger partial charge is 0.411 e. The van der Waals surface area contributed by atoms with E-state index in [9.17, 15) is 19.5 Å². The quantitative estimate of drug-likeness (QED) is 0.507. The summed E-state index contributed by atoms with van der Waals surface area (Å²) in [6.45, 7) is 14.2. The van der Waals surface area contributed by atoms with Gasteiger partial charge in [0.05, 0.1) is 5.92 Å². The van der Waals surface area contributed by atoms with Crippen molar-refractivity contribution in [1.29, 1.82) is 0 Å². The fraction of sp³-hybridized carbons (Fsp3) is 0.833. The van der Waals surface area contributed by atoms with Gasteiger partial charge in [-0.2, -0.15) is 0 Å². The lowest BCUT2D eigenvalue weighted by molar-refractivity contribution is -0.179. The lowest BCUT2D eigenvalue weighted by atomic mass is 9.84. The second kappa shape index (κ2) is 9.06. The third kappa shape index (κ3) is 8.74. The van der Waals surface area contributed by atoms with E-state index in [0.717, 1.165) is 0 Å². The summed E-state index contributed by atoms with van der Waals surface area (Å²) in [5, 5.41) is 11.9. The summed E-state index contributed by atoms with van der Waals surface area (Å²) >= 11 is 0. The van der Waals surface area contributed by atoms with E-state index in [1.54, 1.807) is 27.7 Å². The topological polar surface area (TPSA) is 102 Å². The molecule has 7 heteroatoms. The monoisotopic (exact) mass is 359 g/mol. The molecule has 0 aliphatic carbocycles. The molecule has 0 saturated carbocycles. The molecule has 0 aromatic carbocycles. The summed E-state index contributed by atoms with van der Waals surface area (Å²) in [6.07, 6.45) is -1.14. The molecule has 0 rings (SSSR count). The van der Waals surface area contributed by atoms with Gasteiger partial charge >= 0.3 is 18.0 Å². The van der Waals surface area contributed by atoms with Crippen molar-refractivity contribution in [3.05, 3.63) is 0 Å². The van der Waals surface area contributed by atoms with Crippen LogP contribution in [0.3, 0.4) is 0 Å². The molecule has 0 bridgehead atoms. The number of carbonyl (C=O) groups is 3. The zero-order chi connectivity index (χ0) is 20.0. The number of rotatable bonds is 8. The van der Waals surface area contributed by atoms with E-state index in [-0.39, 0.29) is 23.7 Å². The number of hydrogen-bond donors (Lipinski definition) is 2. The van der Waals surface area contributed by atoms with Crippen molar-refractivity contribution < 1.29 is 29.0 Å². The average Bonchev–Trinajstić information content (AvgIpc) is 2.43. The van der Waals surface area contributed by atoms with Gasteiger partial charge in [0, 0.05) is 5.92 Å². The van der Waals surface area contributed by atoms with Crippen LogP contribution in [-0.2, 0) is 19.1 Å². The van der Waals surface area contributed by atoms with E-state index in [1.165, 1.54) is 6.92 Å². The van der Waals surface area contributed by atoms with Crippen LogP contribution < -0.4 is 5.32 Å². The first-order valence-corrected chi connectivity index (χ1v) is 8.60. The zero-order valence-electron chi connectivity index (χ0n) is 16.6. The maximum absolute atomic E-state index is 12.2. The first-order chi connectivity index (χ1) is 11.2. The molecule has 146 valence electrons. The van der Waals surface area contributed by atoms with Gasteiger partial charge in [-0.25, -0.2) is 9.59 Å². The molecule has 2 atom stereocenters. The molecule has 0 saturated heterocycles. The van der Waals surface area contributed by atoms with Crippen LogP contribution in [0.1, 0.15) is 68.2 Å². The molecule has 7 nitrogen and oxygen atoms in total. The number of carboxylic acids is 1. The summed E-state index contributed by atoms with van der Waals surface area (Å²) in [7, 11) is 0. The fourth-order valence-electron chi connectivity index (χ4n) is 1.75. The molecule has 0 aromatic rings. The van der Waals surface area contributed by atoms with Crippen molar-refractivity contribution in [1.82, 2.24) is 5.32 Å².